The Bertz CT molecular complexity index is 337. The minimum absolute atomic E-state index is 0.0416. The number of nitrogens with zero attached hydrogens (tertiary/aromatic N) is 3. The van der Waals surface area contributed by atoms with Crippen molar-refractivity contribution in [3.8, 4) is 0 Å². The zero-order valence-electron chi connectivity index (χ0n) is 9.22. The topological polar surface area (TPSA) is 77.9 Å². The van der Waals surface area contributed by atoms with Gasteiger partial charge in [0.15, 0.2) is 0 Å². The average Bonchev–Trinajstić information content (AvgIpc) is 2.13. The lowest BCUT2D eigenvalue weighted by Gasteiger charge is -2.56. The Morgan fingerprint density at radius 3 is 2.12 bits per heavy atom. The molecule has 4 aliphatic rings. The number of carbonyl (C=O) groups is 1. The van der Waals surface area contributed by atoms with Crippen LogP contribution in [0.4, 0.5) is 4.79 Å². The molecule has 0 aromatic rings. The van der Waals surface area contributed by atoms with E-state index in [9.17, 15) is 4.79 Å². The van der Waals surface area contributed by atoms with Crippen LogP contribution in [0.3, 0.4) is 0 Å². The molecular formula is C11H16N4O. The molecule has 4 saturated carbocycles. The third kappa shape index (κ3) is 1.55. The highest BCUT2D eigenvalue weighted by atomic mass is 16.2. The van der Waals surface area contributed by atoms with Crippen molar-refractivity contribution in [2.75, 3.05) is 0 Å². The first kappa shape index (κ1) is 9.97. The molecule has 4 bridgehead atoms. The van der Waals surface area contributed by atoms with Gasteiger partial charge in [0.05, 0.1) is 0 Å². The van der Waals surface area contributed by atoms with Gasteiger partial charge in [0.2, 0.25) is 0 Å². The maximum absolute atomic E-state index is 11.4. The van der Waals surface area contributed by atoms with Gasteiger partial charge in [0, 0.05) is 15.6 Å². The minimum Gasteiger partial charge on any atom is -0.345 e. The fourth-order valence-electron chi connectivity index (χ4n) is 4.56. The molecule has 0 unspecified atom stereocenters. The molecule has 4 aliphatic carbocycles. The van der Waals surface area contributed by atoms with Crippen LogP contribution in [0, 0.1) is 17.8 Å². The van der Waals surface area contributed by atoms with E-state index in [-0.39, 0.29) is 5.54 Å². The smallest absolute Gasteiger partial charge is 0.308 e. The lowest BCUT2D eigenvalue weighted by molar-refractivity contribution is -0.0129. The van der Waals surface area contributed by atoms with Gasteiger partial charge in [-0.3, -0.25) is 4.79 Å². The van der Waals surface area contributed by atoms with Crippen molar-refractivity contribution in [3.63, 3.8) is 0 Å². The van der Waals surface area contributed by atoms with Crippen molar-refractivity contribution in [3.05, 3.63) is 10.4 Å². The molecule has 0 aromatic carbocycles. The minimum atomic E-state index is -0.496. The molecule has 5 heteroatoms. The van der Waals surface area contributed by atoms with E-state index < -0.39 is 6.03 Å². The molecule has 0 aliphatic heterocycles. The van der Waals surface area contributed by atoms with E-state index in [1.54, 1.807) is 0 Å². The highest BCUT2D eigenvalue weighted by molar-refractivity contribution is 5.75. The number of hydrogen-bond donors (Lipinski definition) is 1. The summed E-state index contributed by atoms with van der Waals surface area (Å²) in [5.74, 6) is 2.37. The van der Waals surface area contributed by atoms with Crippen molar-refractivity contribution in [2.45, 2.75) is 44.1 Å². The Hall–Kier alpha value is -1.22. The first-order valence-corrected chi connectivity index (χ1v) is 6.06. The number of hydrogen-bond acceptors (Lipinski definition) is 1. The molecule has 0 heterocycles. The first-order valence-electron chi connectivity index (χ1n) is 6.06. The summed E-state index contributed by atoms with van der Waals surface area (Å²) in [4.78, 5) is 13.9. The van der Waals surface area contributed by atoms with Gasteiger partial charge in [-0.05, 0) is 61.8 Å². The molecule has 2 amide bonds. The zero-order valence-corrected chi connectivity index (χ0v) is 9.22. The van der Waals surface area contributed by atoms with Gasteiger partial charge in [0.25, 0.3) is 0 Å². The second kappa shape index (κ2) is 3.39. The zero-order chi connectivity index (χ0) is 11.2. The largest absolute Gasteiger partial charge is 0.345 e. The van der Waals surface area contributed by atoms with Crippen molar-refractivity contribution >= 4 is 6.03 Å². The summed E-state index contributed by atoms with van der Waals surface area (Å²) >= 11 is 0. The van der Waals surface area contributed by atoms with Crippen molar-refractivity contribution in [1.82, 2.24) is 5.32 Å². The number of nitrogens with one attached hydrogen (secondary N) is 1. The number of carbonyl (C=O) groups excluding carboxylic acids is 1. The lowest BCUT2D eigenvalue weighted by atomic mass is 9.53. The summed E-state index contributed by atoms with van der Waals surface area (Å²) in [6.07, 6.45) is 7.30. The summed E-state index contributed by atoms with van der Waals surface area (Å²) in [6.45, 7) is 0. The second-order valence-electron chi connectivity index (χ2n) is 5.82. The fraction of sp³-hybridized carbons (Fsp3) is 0.909. The summed E-state index contributed by atoms with van der Waals surface area (Å²) < 4.78 is 0. The van der Waals surface area contributed by atoms with E-state index >= 15 is 0 Å². The van der Waals surface area contributed by atoms with Gasteiger partial charge >= 0.3 is 6.03 Å². The molecule has 16 heavy (non-hydrogen) atoms. The van der Waals surface area contributed by atoms with Crippen LogP contribution in [0.1, 0.15) is 38.5 Å². The van der Waals surface area contributed by atoms with Crippen LogP contribution in [0.25, 0.3) is 10.4 Å². The number of amides is 2. The van der Waals surface area contributed by atoms with E-state index in [1.165, 1.54) is 19.3 Å². The highest BCUT2D eigenvalue weighted by Gasteiger charge is 2.51. The average molecular weight is 220 g/mol. The molecule has 0 radical (unpaired) electrons. The van der Waals surface area contributed by atoms with E-state index in [2.05, 4.69) is 15.3 Å². The van der Waals surface area contributed by atoms with E-state index in [0.29, 0.717) is 0 Å². The maximum Gasteiger partial charge on any atom is 0.308 e. The number of urea groups is 1. The van der Waals surface area contributed by atoms with E-state index in [0.717, 1.165) is 37.0 Å². The van der Waals surface area contributed by atoms with Crippen LogP contribution in [0.5, 0.6) is 0 Å². The van der Waals surface area contributed by atoms with E-state index in [4.69, 9.17) is 5.53 Å². The third-order valence-electron chi connectivity index (χ3n) is 4.55. The molecule has 4 rings (SSSR count). The molecule has 5 nitrogen and oxygen atoms in total. The Balaban J connectivity index is 1.78. The van der Waals surface area contributed by atoms with Gasteiger partial charge in [-0.2, -0.15) is 0 Å². The number of rotatable bonds is 1. The van der Waals surface area contributed by atoms with Gasteiger partial charge in [-0.1, -0.05) is 0 Å². The summed E-state index contributed by atoms with van der Waals surface area (Å²) in [6, 6.07) is -0.496. The van der Waals surface area contributed by atoms with Crippen LogP contribution in [-0.2, 0) is 0 Å². The molecule has 1 N–H and O–H groups in total. The van der Waals surface area contributed by atoms with E-state index in [1.807, 2.05) is 0 Å². The van der Waals surface area contributed by atoms with Crippen LogP contribution < -0.4 is 5.32 Å². The Morgan fingerprint density at radius 2 is 1.69 bits per heavy atom. The quantitative estimate of drug-likeness (QED) is 0.411. The molecule has 0 saturated heterocycles. The van der Waals surface area contributed by atoms with Crippen LogP contribution in [-0.4, -0.2) is 11.6 Å². The Morgan fingerprint density at radius 1 is 1.19 bits per heavy atom. The molecule has 0 atom stereocenters. The highest BCUT2D eigenvalue weighted by Crippen LogP contribution is 2.55. The molecule has 0 aromatic heterocycles. The molecule has 4 fully saturated rings. The number of azide groups is 1. The monoisotopic (exact) mass is 220 g/mol. The molecular weight excluding hydrogens is 204 g/mol. The van der Waals surface area contributed by atoms with Crippen molar-refractivity contribution in [1.29, 1.82) is 0 Å². The van der Waals surface area contributed by atoms with Crippen LogP contribution in [0.2, 0.25) is 0 Å². The predicted octanol–water partition coefficient (Wildman–Crippen LogP) is 2.98. The Labute approximate surface area is 94.2 Å². The second-order valence-corrected chi connectivity index (χ2v) is 5.82. The van der Waals surface area contributed by atoms with Crippen molar-refractivity contribution in [2.24, 2.45) is 22.9 Å². The van der Waals surface area contributed by atoms with Crippen molar-refractivity contribution < 1.29 is 4.79 Å². The maximum atomic E-state index is 11.4. The first-order chi connectivity index (χ1) is 7.69. The van der Waals surface area contributed by atoms with Crippen LogP contribution >= 0.6 is 0 Å². The summed E-state index contributed by atoms with van der Waals surface area (Å²) in [5.41, 5.74) is 8.21. The van der Waals surface area contributed by atoms with Gasteiger partial charge < -0.3 is 5.32 Å². The third-order valence-corrected chi connectivity index (χ3v) is 4.55. The molecule has 0 spiro atoms. The van der Waals surface area contributed by atoms with Gasteiger partial charge in [-0.25, -0.2) is 0 Å². The van der Waals surface area contributed by atoms with Crippen LogP contribution in [0.15, 0.2) is 5.11 Å². The fourth-order valence-corrected chi connectivity index (χ4v) is 4.56. The predicted molar refractivity (Wildman–Crippen MR) is 58.6 cm³/mol. The SMILES string of the molecule is [N-]=[N+]=NC(=O)NC12CC3CC(CC(C3)C1)C2. The standard InChI is InChI=1S/C11H16N4O/c12-15-14-10(16)13-11-4-7-1-8(5-11)3-9(2-7)6-11/h7-9H,1-6H2,(H,13,16). The summed E-state index contributed by atoms with van der Waals surface area (Å²) in [5, 5.41) is 6.10. The van der Waals surface area contributed by atoms with Gasteiger partial charge in [-0.15, -0.1) is 0 Å². The molecule has 86 valence electrons. The lowest BCUT2D eigenvalue weighted by Crippen LogP contribution is -2.59. The Kier molecular flexibility index (Phi) is 2.11. The normalized spacial score (nSPS) is 43.9. The van der Waals surface area contributed by atoms with Gasteiger partial charge in [0.1, 0.15) is 0 Å². The summed E-state index contributed by atoms with van der Waals surface area (Å²) in [7, 11) is 0.